The third-order valence-corrected chi connectivity index (χ3v) is 3.93. The maximum atomic E-state index is 5.52. The van der Waals surface area contributed by atoms with E-state index in [1.807, 2.05) is 6.07 Å². The molecule has 96 valence electrons. The van der Waals surface area contributed by atoms with Gasteiger partial charge in [-0.2, -0.15) is 0 Å². The molecule has 1 N–H and O–H groups in total. The van der Waals surface area contributed by atoms with Gasteiger partial charge in [-0.15, -0.1) is 0 Å². The Bertz CT molecular complexity index is 321. The Balaban J connectivity index is 1.90. The van der Waals surface area contributed by atoms with Crippen LogP contribution in [0.1, 0.15) is 38.0 Å². The van der Waals surface area contributed by atoms with Gasteiger partial charge in [-0.25, -0.2) is 0 Å². The van der Waals surface area contributed by atoms with Crippen LogP contribution in [0.4, 0.5) is 0 Å². The van der Waals surface area contributed by atoms with Crippen molar-refractivity contribution < 1.29 is 4.42 Å². The van der Waals surface area contributed by atoms with Crippen LogP contribution in [0.2, 0.25) is 0 Å². The van der Waals surface area contributed by atoms with Crippen LogP contribution in [0, 0.1) is 5.92 Å². The maximum Gasteiger partial charge on any atom is 0.122 e. The van der Waals surface area contributed by atoms with Crippen molar-refractivity contribution in [3.8, 4) is 0 Å². The van der Waals surface area contributed by atoms with Crippen LogP contribution in [-0.4, -0.2) is 31.6 Å². The van der Waals surface area contributed by atoms with E-state index in [2.05, 4.69) is 37.3 Å². The molecule has 0 saturated heterocycles. The molecule has 0 amide bonds. The van der Waals surface area contributed by atoms with Crippen LogP contribution < -0.4 is 5.32 Å². The molecule has 17 heavy (non-hydrogen) atoms. The molecule has 1 saturated carbocycles. The summed E-state index contributed by atoms with van der Waals surface area (Å²) in [6.45, 7) is 3.32. The molecule has 3 unspecified atom stereocenters. The maximum absolute atomic E-state index is 5.52. The van der Waals surface area contributed by atoms with E-state index >= 15 is 0 Å². The summed E-state index contributed by atoms with van der Waals surface area (Å²) >= 11 is 0. The predicted octanol–water partition coefficient (Wildman–Crippen LogP) is 2.66. The summed E-state index contributed by atoms with van der Waals surface area (Å²) in [5.41, 5.74) is 0. The first-order valence-corrected chi connectivity index (χ1v) is 6.61. The van der Waals surface area contributed by atoms with Crippen molar-refractivity contribution in [3.05, 3.63) is 24.2 Å². The van der Waals surface area contributed by atoms with Gasteiger partial charge in [0, 0.05) is 12.6 Å². The van der Waals surface area contributed by atoms with Crippen LogP contribution in [-0.2, 0) is 0 Å². The van der Waals surface area contributed by atoms with Gasteiger partial charge in [0.2, 0.25) is 0 Å². The van der Waals surface area contributed by atoms with E-state index < -0.39 is 0 Å². The highest BCUT2D eigenvalue weighted by Gasteiger charge is 2.25. The van der Waals surface area contributed by atoms with Crippen molar-refractivity contribution in [2.24, 2.45) is 5.92 Å². The first kappa shape index (κ1) is 12.7. The Morgan fingerprint density at radius 3 is 2.82 bits per heavy atom. The molecule has 1 aromatic rings. The predicted molar refractivity (Wildman–Crippen MR) is 69.9 cm³/mol. The molecule has 0 aromatic carbocycles. The lowest BCUT2D eigenvalue weighted by Crippen LogP contribution is -2.38. The second-order valence-electron chi connectivity index (χ2n) is 5.42. The molecule has 2 rings (SSSR count). The van der Waals surface area contributed by atoms with Crippen molar-refractivity contribution in [3.63, 3.8) is 0 Å². The molecule has 3 atom stereocenters. The highest BCUT2D eigenvalue weighted by Crippen LogP contribution is 2.26. The van der Waals surface area contributed by atoms with Crippen LogP contribution in [0.15, 0.2) is 22.8 Å². The number of furan rings is 1. The number of likely N-dealkylation sites (N-methyl/N-ethyl adjacent to an activating group) is 1. The number of nitrogens with one attached hydrogen (secondary N) is 1. The molecule has 0 aliphatic heterocycles. The second kappa shape index (κ2) is 5.69. The normalized spacial score (nSPS) is 26.6. The molecule has 1 heterocycles. The molecule has 1 aliphatic carbocycles. The van der Waals surface area contributed by atoms with Gasteiger partial charge in [0.15, 0.2) is 0 Å². The fraction of sp³-hybridized carbons (Fsp3) is 0.714. The van der Waals surface area contributed by atoms with Crippen molar-refractivity contribution in [1.29, 1.82) is 0 Å². The van der Waals surface area contributed by atoms with E-state index in [0.29, 0.717) is 12.1 Å². The van der Waals surface area contributed by atoms with Gasteiger partial charge in [0.25, 0.3) is 0 Å². The fourth-order valence-corrected chi connectivity index (χ4v) is 2.73. The highest BCUT2D eigenvalue weighted by atomic mass is 16.3. The molecule has 1 aliphatic rings. The Morgan fingerprint density at radius 2 is 2.29 bits per heavy atom. The summed E-state index contributed by atoms with van der Waals surface area (Å²) in [4.78, 5) is 2.21. The number of hydrogen-bond acceptors (Lipinski definition) is 3. The fourth-order valence-electron chi connectivity index (χ4n) is 2.73. The van der Waals surface area contributed by atoms with Gasteiger partial charge >= 0.3 is 0 Å². The van der Waals surface area contributed by atoms with Crippen molar-refractivity contribution in [1.82, 2.24) is 10.2 Å². The van der Waals surface area contributed by atoms with Crippen molar-refractivity contribution >= 4 is 0 Å². The first-order chi connectivity index (χ1) is 8.18. The summed E-state index contributed by atoms with van der Waals surface area (Å²) in [5, 5.41) is 3.70. The summed E-state index contributed by atoms with van der Waals surface area (Å²) in [6.07, 6.45) is 5.81. The molecule has 3 nitrogen and oxygen atoms in total. The number of nitrogens with zero attached hydrogens (tertiary/aromatic N) is 1. The molecule has 0 spiro atoms. The molecule has 0 bridgehead atoms. The third kappa shape index (κ3) is 3.11. The zero-order valence-corrected chi connectivity index (χ0v) is 11.1. The summed E-state index contributed by atoms with van der Waals surface area (Å²) in [6, 6.07) is 5.04. The smallest absolute Gasteiger partial charge is 0.122 e. The summed E-state index contributed by atoms with van der Waals surface area (Å²) < 4.78 is 5.52. The standard InChI is InChI=1S/C14H24N2O/c1-11-6-4-7-12(11)15-10-13(16(2)3)14-8-5-9-17-14/h5,8-9,11-13,15H,4,6-7,10H2,1-3H3. The average molecular weight is 236 g/mol. The zero-order valence-electron chi connectivity index (χ0n) is 11.1. The third-order valence-electron chi connectivity index (χ3n) is 3.93. The van der Waals surface area contributed by atoms with Gasteiger partial charge in [-0.05, 0) is 45.0 Å². The van der Waals surface area contributed by atoms with Gasteiger partial charge in [0.05, 0.1) is 12.3 Å². The van der Waals surface area contributed by atoms with Gasteiger partial charge in [-0.3, -0.25) is 4.90 Å². The average Bonchev–Trinajstić information content (AvgIpc) is 2.91. The highest BCUT2D eigenvalue weighted by molar-refractivity contribution is 5.05. The van der Waals surface area contributed by atoms with Crippen LogP contribution in [0.5, 0.6) is 0 Å². The van der Waals surface area contributed by atoms with E-state index in [0.717, 1.165) is 18.2 Å². The molecule has 3 heteroatoms. The molecular weight excluding hydrogens is 212 g/mol. The Labute approximate surface area is 104 Å². The van der Waals surface area contributed by atoms with E-state index in [-0.39, 0.29) is 0 Å². The Kier molecular flexibility index (Phi) is 4.24. The SMILES string of the molecule is CC1CCCC1NCC(c1ccco1)N(C)C. The monoisotopic (exact) mass is 236 g/mol. The topological polar surface area (TPSA) is 28.4 Å². The van der Waals surface area contributed by atoms with Crippen LogP contribution >= 0.6 is 0 Å². The second-order valence-corrected chi connectivity index (χ2v) is 5.42. The van der Waals surface area contributed by atoms with Gasteiger partial charge in [-0.1, -0.05) is 13.3 Å². The Morgan fingerprint density at radius 1 is 1.47 bits per heavy atom. The largest absolute Gasteiger partial charge is 0.468 e. The summed E-state index contributed by atoms with van der Waals surface area (Å²) in [7, 11) is 4.21. The van der Waals surface area contributed by atoms with E-state index in [4.69, 9.17) is 4.42 Å². The minimum absolute atomic E-state index is 0.331. The number of hydrogen-bond donors (Lipinski definition) is 1. The van der Waals surface area contributed by atoms with Gasteiger partial charge < -0.3 is 9.73 Å². The van der Waals surface area contributed by atoms with Crippen molar-refractivity contribution in [2.75, 3.05) is 20.6 Å². The lowest BCUT2D eigenvalue weighted by atomic mass is 10.1. The van der Waals surface area contributed by atoms with Gasteiger partial charge in [0.1, 0.15) is 5.76 Å². The van der Waals surface area contributed by atoms with Crippen LogP contribution in [0.3, 0.4) is 0 Å². The van der Waals surface area contributed by atoms with E-state index in [1.54, 1.807) is 6.26 Å². The molecule has 1 fully saturated rings. The van der Waals surface area contributed by atoms with E-state index in [9.17, 15) is 0 Å². The number of rotatable bonds is 5. The zero-order chi connectivity index (χ0) is 12.3. The minimum atomic E-state index is 0.331. The lowest BCUT2D eigenvalue weighted by Gasteiger charge is -2.26. The molecule has 1 aromatic heterocycles. The van der Waals surface area contributed by atoms with Crippen LogP contribution in [0.25, 0.3) is 0 Å². The minimum Gasteiger partial charge on any atom is -0.468 e. The lowest BCUT2D eigenvalue weighted by molar-refractivity contribution is 0.238. The van der Waals surface area contributed by atoms with E-state index in [1.165, 1.54) is 19.3 Å². The summed E-state index contributed by atoms with van der Waals surface area (Å²) in [5.74, 6) is 1.86. The molecule has 0 radical (unpaired) electrons. The van der Waals surface area contributed by atoms with Crippen molar-refractivity contribution in [2.45, 2.75) is 38.3 Å². The quantitative estimate of drug-likeness (QED) is 0.852. The first-order valence-electron chi connectivity index (χ1n) is 6.61. The Hall–Kier alpha value is -0.800. The molecular formula is C14H24N2O.